The molecule has 8 nitrogen and oxygen atoms in total. The van der Waals surface area contributed by atoms with Crippen molar-refractivity contribution < 1.29 is 58.5 Å². The van der Waals surface area contributed by atoms with E-state index in [-0.39, 0.29) is 41.9 Å². The largest absolute Gasteiger partial charge is 1.00 e. The number of benzene rings is 1. The van der Waals surface area contributed by atoms with E-state index in [1.165, 1.54) is 0 Å². The first-order valence-electron chi connectivity index (χ1n) is 9.59. The molecule has 1 aliphatic rings. The first-order chi connectivity index (χ1) is 13.5. The fourth-order valence-electron chi connectivity index (χ4n) is 2.66. The van der Waals surface area contributed by atoms with E-state index >= 15 is 0 Å². The maximum Gasteiger partial charge on any atom is 1.00 e. The van der Waals surface area contributed by atoms with Crippen LogP contribution in [0.25, 0.3) is 0 Å². The molecular weight excluding hydrogens is 387 g/mol. The Bertz CT molecular complexity index is 658. The first-order valence-corrected chi connectivity index (χ1v) is 9.59. The Kier molecular flexibility index (Phi) is 12.1. The number of carboxylic acids is 1. The number of hydrogen-bond acceptors (Lipinski definition) is 6. The van der Waals surface area contributed by atoms with Crippen molar-refractivity contribution in [2.24, 2.45) is 0 Å². The second-order valence-corrected chi connectivity index (χ2v) is 6.66. The number of carbonyl (C=O) groups is 3. The average molecular weight is 414 g/mol. The average Bonchev–Trinajstić information content (AvgIpc) is 3.49. The summed E-state index contributed by atoms with van der Waals surface area (Å²) in [6.07, 6.45) is 0.673. The summed E-state index contributed by atoms with van der Waals surface area (Å²) in [4.78, 5) is 35.5. The Labute approximate surface area is 193 Å². The molecule has 2 N–H and O–H groups in total. The van der Waals surface area contributed by atoms with E-state index in [9.17, 15) is 19.5 Å². The molecule has 1 aromatic rings. The molecule has 29 heavy (non-hydrogen) atoms. The van der Waals surface area contributed by atoms with Crippen molar-refractivity contribution in [2.45, 2.75) is 50.9 Å². The van der Waals surface area contributed by atoms with E-state index in [2.05, 4.69) is 17.6 Å². The molecule has 0 spiro atoms. The Morgan fingerprint density at radius 1 is 1.14 bits per heavy atom. The summed E-state index contributed by atoms with van der Waals surface area (Å²) in [5, 5.41) is 16.1. The van der Waals surface area contributed by atoms with Crippen molar-refractivity contribution in [3.8, 4) is 0 Å². The summed E-state index contributed by atoms with van der Waals surface area (Å²) in [6, 6.07) is 8.42. The van der Waals surface area contributed by atoms with Crippen LogP contribution in [0.3, 0.4) is 0 Å². The monoisotopic (exact) mass is 414 g/mol. The zero-order valence-corrected chi connectivity index (χ0v) is 19.0. The minimum atomic E-state index is -1.44. The third kappa shape index (κ3) is 9.27. The van der Waals surface area contributed by atoms with Gasteiger partial charge in [-0.15, -0.1) is 0 Å². The number of amides is 2. The zero-order valence-electron chi connectivity index (χ0n) is 17.0. The van der Waals surface area contributed by atoms with Gasteiger partial charge in [0.25, 0.3) is 5.91 Å². The fourth-order valence-corrected chi connectivity index (χ4v) is 2.66. The topological polar surface area (TPSA) is 120 Å². The van der Waals surface area contributed by atoms with Crippen molar-refractivity contribution in [1.82, 2.24) is 10.6 Å². The van der Waals surface area contributed by atoms with Crippen molar-refractivity contribution in [1.29, 1.82) is 0 Å². The minimum absolute atomic E-state index is 0. The van der Waals surface area contributed by atoms with Gasteiger partial charge in [0.1, 0.15) is 12.1 Å². The standard InChI is InChI=1S/C20H28N2O6.Na/c1-2-3-11-27-12-7-10-21-18(23)15(13-14-8-5-4-6-9-14)22-19(24)16-17(28-16)20(25)26;/h4-6,8-9,15-17H,2-3,7,10-13H2,1H3,(H,21,23)(H,22,24)(H,25,26);/q;+1/p-1/t15-,16-,17-;/m0./s1. The molecule has 0 saturated carbocycles. The van der Waals surface area contributed by atoms with Crippen LogP contribution in [0.2, 0.25) is 0 Å². The van der Waals surface area contributed by atoms with E-state index in [1.54, 1.807) is 0 Å². The maximum absolute atomic E-state index is 12.5. The number of aliphatic carboxylic acids is 1. The summed E-state index contributed by atoms with van der Waals surface area (Å²) >= 11 is 0. The first kappa shape index (κ1) is 25.6. The van der Waals surface area contributed by atoms with Crippen LogP contribution in [0, 0.1) is 0 Å². The zero-order chi connectivity index (χ0) is 20.4. The quantitative estimate of drug-likeness (QED) is 0.197. The summed E-state index contributed by atoms with van der Waals surface area (Å²) in [6.45, 7) is 3.78. The number of rotatable bonds is 13. The van der Waals surface area contributed by atoms with Gasteiger partial charge in [-0.05, 0) is 18.4 Å². The van der Waals surface area contributed by atoms with Gasteiger partial charge in [0, 0.05) is 26.2 Å². The van der Waals surface area contributed by atoms with Crippen LogP contribution in [0.4, 0.5) is 0 Å². The van der Waals surface area contributed by atoms with Crippen LogP contribution in [0.5, 0.6) is 0 Å². The van der Waals surface area contributed by atoms with Crippen molar-refractivity contribution >= 4 is 17.8 Å². The molecule has 2 amide bonds. The summed E-state index contributed by atoms with van der Waals surface area (Å²) in [7, 11) is 0. The number of carbonyl (C=O) groups excluding carboxylic acids is 3. The van der Waals surface area contributed by atoms with Gasteiger partial charge < -0.3 is 30.0 Å². The van der Waals surface area contributed by atoms with E-state index in [0.29, 0.717) is 26.2 Å². The third-order valence-electron chi connectivity index (χ3n) is 4.30. The van der Waals surface area contributed by atoms with Crippen LogP contribution in [0.1, 0.15) is 31.7 Å². The van der Waals surface area contributed by atoms with E-state index in [0.717, 1.165) is 18.4 Å². The molecule has 9 heteroatoms. The summed E-state index contributed by atoms with van der Waals surface area (Å²) in [5.74, 6) is -2.41. The van der Waals surface area contributed by atoms with E-state index < -0.39 is 30.1 Å². The van der Waals surface area contributed by atoms with Crippen LogP contribution >= 0.6 is 0 Å². The molecule has 0 radical (unpaired) electrons. The molecular formula is C20H27N2NaO6. The Morgan fingerprint density at radius 3 is 2.45 bits per heavy atom. The van der Waals surface area contributed by atoms with Crippen LogP contribution in [-0.4, -0.2) is 55.8 Å². The van der Waals surface area contributed by atoms with Gasteiger partial charge in [-0.1, -0.05) is 43.7 Å². The second kappa shape index (κ2) is 13.7. The molecule has 0 aromatic heterocycles. The third-order valence-corrected chi connectivity index (χ3v) is 4.30. The number of ether oxygens (including phenoxy) is 2. The molecule has 1 aliphatic heterocycles. The smallest absolute Gasteiger partial charge is 0.547 e. The van der Waals surface area contributed by atoms with E-state index in [4.69, 9.17) is 9.47 Å². The van der Waals surface area contributed by atoms with Gasteiger partial charge in [-0.3, -0.25) is 9.59 Å². The molecule has 3 atom stereocenters. The normalized spacial score (nSPS) is 18.2. The maximum atomic E-state index is 12.5. The molecule has 154 valence electrons. The molecule has 1 aromatic carbocycles. The molecule has 2 rings (SSSR count). The van der Waals surface area contributed by atoms with Crippen LogP contribution in [0.15, 0.2) is 30.3 Å². The second-order valence-electron chi connectivity index (χ2n) is 6.66. The van der Waals surface area contributed by atoms with Gasteiger partial charge in [-0.2, -0.15) is 0 Å². The van der Waals surface area contributed by atoms with Gasteiger partial charge in [0.15, 0.2) is 6.10 Å². The predicted octanol–water partition coefficient (Wildman–Crippen LogP) is -3.44. The number of nitrogens with one attached hydrogen (secondary N) is 2. The Hall–Kier alpha value is -1.45. The van der Waals surface area contributed by atoms with Crippen molar-refractivity contribution in [3.63, 3.8) is 0 Å². The van der Waals surface area contributed by atoms with Crippen molar-refractivity contribution in [2.75, 3.05) is 19.8 Å². The molecule has 0 unspecified atom stereocenters. The molecule has 0 aliphatic carbocycles. The minimum Gasteiger partial charge on any atom is -0.547 e. The fraction of sp³-hybridized carbons (Fsp3) is 0.550. The Balaban J connectivity index is 0.00000420. The van der Waals surface area contributed by atoms with E-state index in [1.807, 2.05) is 30.3 Å². The van der Waals surface area contributed by atoms with Gasteiger partial charge in [-0.25, -0.2) is 0 Å². The molecule has 1 saturated heterocycles. The number of epoxide rings is 1. The summed E-state index contributed by atoms with van der Waals surface area (Å²) in [5.41, 5.74) is 0.874. The molecule has 1 fully saturated rings. The van der Waals surface area contributed by atoms with Gasteiger partial charge >= 0.3 is 29.6 Å². The molecule has 0 bridgehead atoms. The predicted molar refractivity (Wildman–Crippen MR) is 99.1 cm³/mol. The van der Waals surface area contributed by atoms with Crippen LogP contribution < -0.4 is 45.3 Å². The molecule has 1 heterocycles. The Morgan fingerprint density at radius 2 is 1.83 bits per heavy atom. The number of hydrogen-bond donors (Lipinski definition) is 2. The SMILES string of the molecule is CCCCOCCCNC(=O)[C@H](Cc1ccccc1)NC(=O)[C@H]1O[C@@H]1C(=O)[O-].[Na+]. The van der Waals surface area contributed by atoms with Gasteiger partial charge in [0.05, 0.1) is 5.97 Å². The van der Waals surface area contributed by atoms with Gasteiger partial charge in [0.2, 0.25) is 5.91 Å². The van der Waals surface area contributed by atoms with Crippen molar-refractivity contribution in [3.05, 3.63) is 35.9 Å². The number of carboxylic acid groups (broad SMARTS) is 1. The summed E-state index contributed by atoms with van der Waals surface area (Å²) < 4.78 is 10.2. The van der Waals surface area contributed by atoms with Crippen LogP contribution in [-0.2, 0) is 30.3 Å². The number of unbranched alkanes of at least 4 members (excludes halogenated alkanes) is 1.